The van der Waals surface area contributed by atoms with Gasteiger partial charge in [0.2, 0.25) is 0 Å². The average molecular weight is 117 g/mol. The third kappa shape index (κ3) is 6.05. The van der Waals surface area contributed by atoms with E-state index in [9.17, 15) is 0 Å². The first-order valence-electron chi connectivity index (χ1n) is 2.39. The van der Waals surface area contributed by atoms with Crippen LogP contribution in [0.2, 0.25) is 0 Å². The summed E-state index contributed by atoms with van der Waals surface area (Å²) in [6.45, 7) is 2.12. The molecule has 0 aliphatic rings. The van der Waals surface area contributed by atoms with Crippen LogP contribution in [0.3, 0.4) is 0 Å². The van der Waals surface area contributed by atoms with Gasteiger partial charge in [0, 0.05) is 0 Å². The van der Waals surface area contributed by atoms with Crippen molar-refractivity contribution in [3.63, 3.8) is 0 Å². The van der Waals surface area contributed by atoms with Gasteiger partial charge in [-0.15, -0.1) is 0 Å². The second-order valence-corrected chi connectivity index (χ2v) is 2.02. The van der Waals surface area contributed by atoms with Gasteiger partial charge in [-0.2, -0.15) is 0 Å². The highest BCUT2D eigenvalue weighted by Crippen LogP contribution is 1.92. The topological polar surface area (TPSA) is 12.0 Å². The number of nitrogens with one attached hydrogen (secondary N) is 1. The number of allylic oxidation sites excluding steroid dienone is 1. The lowest BCUT2D eigenvalue weighted by Gasteiger charge is -1.83. The van der Waals surface area contributed by atoms with Gasteiger partial charge >= 0.3 is 0 Å². The summed E-state index contributed by atoms with van der Waals surface area (Å²) in [7, 11) is 1.91. The van der Waals surface area contributed by atoms with Gasteiger partial charge in [-0.25, -0.2) is 0 Å². The Morgan fingerprint density at radius 1 is 1.71 bits per heavy atom. The molecule has 0 radical (unpaired) electrons. The van der Waals surface area contributed by atoms with Crippen LogP contribution in [0.15, 0.2) is 11.5 Å². The van der Waals surface area contributed by atoms with Crippen molar-refractivity contribution in [3.05, 3.63) is 11.5 Å². The largest absolute Gasteiger partial charge is 0.264 e. The smallest absolute Gasteiger partial charge is 0.00533 e. The van der Waals surface area contributed by atoms with Gasteiger partial charge in [-0.1, -0.05) is 24.9 Å². The predicted octanol–water partition coefficient (Wildman–Crippen LogP) is 1.78. The Bertz CT molecular complexity index is 52.0. The van der Waals surface area contributed by atoms with Gasteiger partial charge in [0.15, 0.2) is 0 Å². The van der Waals surface area contributed by atoms with Crippen molar-refractivity contribution in [2.24, 2.45) is 0 Å². The zero-order valence-corrected chi connectivity index (χ0v) is 5.59. The summed E-state index contributed by atoms with van der Waals surface area (Å²) in [4.78, 5) is 0. The predicted molar refractivity (Wildman–Crippen MR) is 36.1 cm³/mol. The molecule has 0 aromatic heterocycles. The second kappa shape index (κ2) is 6.05. The summed E-state index contributed by atoms with van der Waals surface area (Å²) in [5.41, 5.74) is 0. The van der Waals surface area contributed by atoms with Crippen molar-refractivity contribution >= 4 is 11.9 Å². The Kier molecular flexibility index (Phi) is 6.09. The van der Waals surface area contributed by atoms with Gasteiger partial charge in [0.05, 0.1) is 0 Å². The van der Waals surface area contributed by atoms with Crippen molar-refractivity contribution in [1.29, 1.82) is 0 Å². The van der Waals surface area contributed by atoms with Gasteiger partial charge in [0.1, 0.15) is 0 Å². The third-order valence-corrected chi connectivity index (χ3v) is 1.08. The molecular weight excluding hydrogens is 106 g/mol. The summed E-state index contributed by atoms with van der Waals surface area (Å²) in [5, 5.41) is 2.04. The van der Waals surface area contributed by atoms with E-state index in [2.05, 4.69) is 17.7 Å². The van der Waals surface area contributed by atoms with Crippen molar-refractivity contribution < 1.29 is 0 Å². The third-order valence-electron chi connectivity index (χ3n) is 0.518. The fraction of sp³-hybridized carbons (Fsp3) is 0.600. The minimum Gasteiger partial charge on any atom is -0.264 e. The monoisotopic (exact) mass is 117 g/mol. The van der Waals surface area contributed by atoms with E-state index >= 15 is 0 Å². The molecule has 1 N–H and O–H groups in total. The van der Waals surface area contributed by atoms with Crippen LogP contribution in [0.5, 0.6) is 0 Å². The highest BCUT2D eigenvalue weighted by atomic mass is 32.2. The van der Waals surface area contributed by atoms with Crippen molar-refractivity contribution in [3.8, 4) is 0 Å². The minimum atomic E-state index is 1.12. The van der Waals surface area contributed by atoms with E-state index in [1.807, 2.05) is 12.5 Å². The quantitative estimate of drug-likeness (QED) is 0.565. The minimum absolute atomic E-state index is 1.12. The summed E-state index contributed by atoms with van der Waals surface area (Å²) in [5.74, 6) is 0. The molecule has 0 saturated heterocycles. The van der Waals surface area contributed by atoms with E-state index in [0.717, 1.165) is 6.42 Å². The Morgan fingerprint density at radius 2 is 2.43 bits per heavy atom. The molecule has 0 aromatic carbocycles. The standard InChI is InChI=1S/C5H11NS/c1-3-4-5-7-6-2/h4-6H,3H2,1-2H3/b5-4-. The molecule has 0 aliphatic carbocycles. The van der Waals surface area contributed by atoms with Gasteiger partial charge in [0.25, 0.3) is 0 Å². The highest BCUT2D eigenvalue weighted by Gasteiger charge is 1.65. The summed E-state index contributed by atoms with van der Waals surface area (Å²) >= 11 is 1.60. The molecule has 1 nitrogen and oxygen atoms in total. The molecule has 0 saturated carbocycles. The Balaban J connectivity index is 2.78. The number of rotatable bonds is 3. The van der Waals surface area contributed by atoms with Gasteiger partial charge in [-0.3, -0.25) is 4.72 Å². The van der Waals surface area contributed by atoms with Crippen LogP contribution in [0.25, 0.3) is 0 Å². The van der Waals surface area contributed by atoms with Gasteiger partial charge < -0.3 is 0 Å². The maximum Gasteiger partial charge on any atom is -0.00533 e. The fourth-order valence-electron chi connectivity index (χ4n) is 0.212. The van der Waals surface area contributed by atoms with E-state index in [1.54, 1.807) is 11.9 Å². The summed E-state index contributed by atoms with van der Waals surface area (Å²) < 4.78 is 2.93. The maximum atomic E-state index is 2.93. The van der Waals surface area contributed by atoms with Crippen LogP contribution in [-0.4, -0.2) is 7.05 Å². The van der Waals surface area contributed by atoms with Crippen LogP contribution >= 0.6 is 11.9 Å². The first-order chi connectivity index (χ1) is 3.41. The maximum absolute atomic E-state index is 2.93. The lowest BCUT2D eigenvalue weighted by Crippen LogP contribution is -1.85. The van der Waals surface area contributed by atoms with Crippen molar-refractivity contribution in [2.45, 2.75) is 13.3 Å². The first kappa shape index (κ1) is 7.05. The molecule has 0 aliphatic heterocycles. The molecule has 42 valence electrons. The van der Waals surface area contributed by atoms with Crippen LogP contribution in [0, 0.1) is 0 Å². The molecular formula is C5H11NS. The first-order valence-corrected chi connectivity index (χ1v) is 3.27. The van der Waals surface area contributed by atoms with Crippen LogP contribution in [0.4, 0.5) is 0 Å². The number of hydrogen-bond donors (Lipinski definition) is 1. The van der Waals surface area contributed by atoms with E-state index < -0.39 is 0 Å². The Labute approximate surface area is 49.3 Å². The van der Waals surface area contributed by atoms with Crippen molar-refractivity contribution in [1.82, 2.24) is 4.72 Å². The molecule has 0 atom stereocenters. The van der Waals surface area contributed by atoms with E-state index in [4.69, 9.17) is 0 Å². The zero-order chi connectivity index (χ0) is 5.54. The molecule has 0 amide bonds. The molecule has 0 fully saturated rings. The lowest BCUT2D eigenvalue weighted by atomic mass is 10.5. The highest BCUT2D eigenvalue weighted by molar-refractivity contribution is 8.00. The second-order valence-electron chi connectivity index (χ2n) is 1.10. The van der Waals surface area contributed by atoms with E-state index in [-0.39, 0.29) is 0 Å². The van der Waals surface area contributed by atoms with E-state index in [0.29, 0.717) is 0 Å². The molecule has 2 heteroatoms. The van der Waals surface area contributed by atoms with Crippen LogP contribution in [-0.2, 0) is 0 Å². The van der Waals surface area contributed by atoms with Crippen molar-refractivity contribution in [2.75, 3.05) is 7.05 Å². The summed E-state index contributed by atoms with van der Waals surface area (Å²) in [6, 6.07) is 0. The molecule has 0 unspecified atom stereocenters. The van der Waals surface area contributed by atoms with E-state index in [1.165, 1.54) is 0 Å². The van der Waals surface area contributed by atoms with Gasteiger partial charge in [-0.05, 0) is 18.9 Å². The lowest BCUT2D eigenvalue weighted by molar-refractivity contribution is 1.23. The SMILES string of the molecule is CC/C=C\SNC. The number of hydrogen-bond acceptors (Lipinski definition) is 2. The molecule has 0 bridgehead atoms. The molecule has 0 heterocycles. The molecule has 0 spiro atoms. The zero-order valence-electron chi connectivity index (χ0n) is 4.77. The van der Waals surface area contributed by atoms with Crippen LogP contribution in [0.1, 0.15) is 13.3 Å². The average Bonchev–Trinajstić information content (AvgIpc) is 1.69. The normalized spacial score (nSPS) is 10.6. The fourth-order valence-corrected chi connectivity index (χ4v) is 0.637. The summed E-state index contributed by atoms with van der Waals surface area (Å²) in [6.07, 6.45) is 3.23. The molecule has 0 aromatic rings. The Hall–Kier alpha value is 0.0500. The molecule has 7 heavy (non-hydrogen) atoms. The van der Waals surface area contributed by atoms with Crippen LogP contribution < -0.4 is 4.72 Å². The molecule has 0 rings (SSSR count). The Morgan fingerprint density at radius 3 is 2.86 bits per heavy atom.